The molecule has 0 aliphatic carbocycles. The molecule has 0 unspecified atom stereocenters. The third kappa shape index (κ3) is 8.34. The number of hydrogen-bond donors (Lipinski definition) is 0. The van der Waals surface area contributed by atoms with E-state index in [0.717, 1.165) is 66.8 Å². The second kappa shape index (κ2) is 19.6. The molecule has 3 aromatic heterocycles. The van der Waals surface area contributed by atoms with Gasteiger partial charge in [0.15, 0.2) is 0 Å². The molecule has 0 saturated carbocycles. The highest BCUT2D eigenvalue weighted by Gasteiger charge is 2.32. The maximum absolute atomic E-state index is 9.14. The molecule has 7 heteroatoms. The fraction of sp³-hybridized carbons (Fsp3) is 0.0972. The molecule has 10 aromatic carbocycles. The van der Waals surface area contributed by atoms with Crippen LogP contribution in [0.15, 0.2) is 249 Å². The van der Waals surface area contributed by atoms with E-state index in [9.17, 15) is 0 Å². The number of aromatic nitrogens is 3. The minimum Gasteiger partial charge on any atom is -0.457 e. The molecule has 0 spiro atoms. The van der Waals surface area contributed by atoms with Gasteiger partial charge in [-0.05, 0) is 107 Å². The van der Waals surface area contributed by atoms with Gasteiger partial charge in [0, 0.05) is 68.4 Å². The number of rotatable bonds is 12. The number of ether oxygens (including phenoxy) is 2. The molecule has 79 heavy (non-hydrogen) atoms. The van der Waals surface area contributed by atoms with Crippen molar-refractivity contribution in [2.75, 3.05) is 16.5 Å². The molecule has 0 bridgehead atoms. The molecule has 7 nitrogen and oxygen atoms in total. The molecule has 382 valence electrons. The Morgan fingerprint density at radius 3 is 1.67 bits per heavy atom. The molecule has 0 N–H and O–H groups in total. The van der Waals surface area contributed by atoms with Gasteiger partial charge in [0.2, 0.25) is 0 Å². The van der Waals surface area contributed by atoms with E-state index in [1.54, 1.807) is 24.4 Å². The summed E-state index contributed by atoms with van der Waals surface area (Å²) in [5, 5.41) is 4.32. The maximum Gasteiger partial charge on any atom is 0.141 e. The average molecular weight is 1030 g/mol. The second-order valence-corrected chi connectivity index (χ2v) is 20.4. The number of nitrogens with zero attached hydrogens (tertiary/aromatic N) is 5. The van der Waals surface area contributed by atoms with Crippen LogP contribution < -0.4 is 19.3 Å². The number of para-hydroxylation sites is 6. The third-order valence-electron chi connectivity index (χ3n) is 15.0. The van der Waals surface area contributed by atoms with Crippen LogP contribution in [0, 0.1) is 0 Å². The van der Waals surface area contributed by atoms with Gasteiger partial charge in [-0.1, -0.05) is 179 Å². The summed E-state index contributed by atoms with van der Waals surface area (Å²) in [6.45, 7) is 8.80. The summed E-state index contributed by atoms with van der Waals surface area (Å²) < 4.78 is 106. The average Bonchev–Trinajstić information content (AvgIpc) is 1.69. The molecule has 0 atom stereocenters. The lowest BCUT2D eigenvalue weighted by Gasteiger charge is -2.27. The zero-order chi connectivity index (χ0) is 61.8. The summed E-state index contributed by atoms with van der Waals surface area (Å²) in [5.74, 6) is 3.68. The van der Waals surface area contributed by atoms with Crippen molar-refractivity contribution in [2.24, 2.45) is 0 Å². The van der Waals surface area contributed by atoms with E-state index in [-0.39, 0.29) is 46.4 Å². The Morgan fingerprint density at radius 2 is 1.00 bits per heavy atom. The van der Waals surface area contributed by atoms with Gasteiger partial charge in [-0.15, -0.1) is 0 Å². The Morgan fingerprint density at radius 1 is 0.430 bits per heavy atom. The standard InChI is InChI=1S/C72H57N5O2/c1-47(2)56-28-18-29-57(48(3)4)72(56)79-55-40-41-73-70(45-55)77-66-39-36-52(76-64-32-13-11-26-60(64)61-27-12-14-33-65(61)76)43-63(66)62-38-37-54(44-69(62)77)78-53-25-17-24-51(42-53)74-46-75(68-35-16-15-34-67(68)74)71-58(49-20-7-5-8-21-49)30-19-31-59(71)50-22-9-6-10-23-50/h5-45,47-48H,46H2,1-4H3/i5D,6D,7D,8D,9D,10D,20D,21D,22D,23D. The topological polar surface area (TPSA) is 47.7 Å². The second-order valence-electron chi connectivity index (χ2n) is 20.4. The summed E-state index contributed by atoms with van der Waals surface area (Å²) in [7, 11) is 0. The van der Waals surface area contributed by atoms with Crippen LogP contribution in [0.1, 0.15) is 64.4 Å². The van der Waals surface area contributed by atoms with Gasteiger partial charge in [0.1, 0.15) is 35.5 Å². The quantitative estimate of drug-likeness (QED) is 0.122. The number of fused-ring (bicyclic) bond motifs is 7. The van der Waals surface area contributed by atoms with Crippen molar-refractivity contribution >= 4 is 66.4 Å². The third-order valence-corrected chi connectivity index (χ3v) is 15.0. The molecule has 1 aliphatic heterocycles. The van der Waals surface area contributed by atoms with Crippen LogP contribution >= 0.6 is 0 Å². The summed E-state index contributed by atoms with van der Waals surface area (Å²) in [6, 6.07) is 55.0. The van der Waals surface area contributed by atoms with E-state index >= 15 is 0 Å². The van der Waals surface area contributed by atoms with Gasteiger partial charge in [-0.25, -0.2) is 4.98 Å². The molecule has 0 radical (unpaired) electrons. The Labute approximate surface area is 474 Å². The zero-order valence-corrected chi connectivity index (χ0v) is 43.8. The van der Waals surface area contributed by atoms with E-state index in [4.69, 9.17) is 28.2 Å². The first-order valence-electron chi connectivity index (χ1n) is 31.5. The Kier molecular flexibility index (Phi) is 9.39. The Bertz CT molecular complexity index is 4850. The normalized spacial score (nSPS) is 14.2. The smallest absolute Gasteiger partial charge is 0.141 e. The van der Waals surface area contributed by atoms with Crippen LogP contribution in [0.4, 0.5) is 22.7 Å². The van der Waals surface area contributed by atoms with E-state index in [1.165, 1.54) is 10.8 Å². The minimum atomic E-state index is -0.559. The predicted molar refractivity (Wildman–Crippen MR) is 327 cm³/mol. The molecule has 0 fully saturated rings. The number of benzene rings is 10. The van der Waals surface area contributed by atoms with Gasteiger partial charge in [-0.2, -0.15) is 0 Å². The van der Waals surface area contributed by atoms with E-state index < -0.39 is 60.4 Å². The summed E-state index contributed by atoms with van der Waals surface area (Å²) >= 11 is 0. The Balaban J connectivity index is 0.887. The molecule has 0 saturated heterocycles. The molecule has 14 rings (SSSR count). The molecule has 13 aromatic rings. The molecular weight excluding hydrogens is 967 g/mol. The van der Waals surface area contributed by atoms with Crippen molar-refractivity contribution in [3.05, 3.63) is 260 Å². The van der Waals surface area contributed by atoms with Gasteiger partial charge in [-0.3, -0.25) is 4.57 Å². The lowest BCUT2D eigenvalue weighted by molar-refractivity contribution is 0.462. The first kappa shape index (κ1) is 37.8. The van der Waals surface area contributed by atoms with E-state index in [0.29, 0.717) is 28.8 Å². The van der Waals surface area contributed by atoms with Crippen molar-refractivity contribution in [3.8, 4) is 56.8 Å². The van der Waals surface area contributed by atoms with Crippen molar-refractivity contribution in [2.45, 2.75) is 39.5 Å². The van der Waals surface area contributed by atoms with Crippen LogP contribution in [0.3, 0.4) is 0 Å². The fourth-order valence-corrected chi connectivity index (χ4v) is 11.4. The summed E-state index contributed by atoms with van der Waals surface area (Å²) in [4.78, 5) is 8.98. The van der Waals surface area contributed by atoms with Crippen LogP contribution in [0.5, 0.6) is 23.0 Å². The lowest BCUT2D eigenvalue weighted by atomic mass is 9.94. The predicted octanol–water partition coefficient (Wildman–Crippen LogP) is 19.7. The number of pyridine rings is 1. The van der Waals surface area contributed by atoms with Gasteiger partial charge in [0.25, 0.3) is 0 Å². The highest BCUT2D eigenvalue weighted by atomic mass is 16.5. The van der Waals surface area contributed by atoms with Crippen LogP contribution in [-0.2, 0) is 0 Å². The van der Waals surface area contributed by atoms with Gasteiger partial charge >= 0.3 is 0 Å². The molecule has 0 amide bonds. The number of anilines is 4. The largest absolute Gasteiger partial charge is 0.457 e. The molecule has 4 heterocycles. The van der Waals surface area contributed by atoms with Crippen molar-refractivity contribution in [1.82, 2.24) is 14.1 Å². The van der Waals surface area contributed by atoms with E-state index in [1.807, 2.05) is 82.6 Å². The maximum atomic E-state index is 9.14. The number of hydrogen-bond acceptors (Lipinski definition) is 5. The van der Waals surface area contributed by atoms with Crippen LogP contribution in [-0.4, -0.2) is 20.8 Å². The molecular formula is C72H57N5O2. The fourth-order valence-electron chi connectivity index (χ4n) is 11.4. The summed E-state index contributed by atoms with van der Waals surface area (Å²) in [5.41, 5.74) is 9.85. The van der Waals surface area contributed by atoms with Crippen LogP contribution in [0.25, 0.3) is 77.4 Å². The summed E-state index contributed by atoms with van der Waals surface area (Å²) in [6.07, 6.45) is 1.79. The highest BCUT2D eigenvalue weighted by Crippen LogP contribution is 2.51. The minimum absolute atomic E-state index is 0.0877. The zero-order valence-electron chi connectivity index (χ0n) is 53.8. The van der Waals surface area contributed by atoms with Gasteiger partial charge < -0.3 is 23.8 Å². The SMILES string of the molecule is [2H]c1c([2H])c([2H])c(-c2cccc(-c3c([2H])c([2H])c([2H])c([2H])c3[2H])c2N2CN(c3cccc(Oc4ccc5c6cc(-n7c8ccccc8c8ccccc87)ccc6n(-c6cc(Oc7c(C(C)C)cccc7C(C)C)ccn6)c5c4)c3)c3ccccc32)c([2H])c1[2H]. The lowest BCUT2D eigenvalue weighted by Crippen LogP contribution is -2.24. The van der Waals surface area contributed by atoms with Crippen molar-refractivity contribution in [3.63, 3.8) is 0 Å². The van der Waals surface area contributed by atoms with Gasteiger partial charge in [0.05, 0.1) is 52.8 Å². The molecule has 1 aliphatic rings. The first-order valence-corrected chi connectivity index (χ1v) is 26.5. The van der Waals surface area contributed by atoms with Crippen molar-refractivity contribution < 1.29 is 23.2 Å². The monoisotopic (exact) mass is 1030 g/mol. The Hall–Kier alpha value is -9.85. The first-order chi connectivity index (χ1) is 43.0. The van der Waals surface area contributed by atoms with E-state index in [2.05, 4.69) is 128 Å². The van der Waals surface area contributed by atoms with Crippen molar-refractivity contribution in [1.29, 1.82) is 0 Å². The van der Waals surface area contributed by atoms with Crippen LogP contribution in [0.2, 0.25) is 0 Å². The highest BCUT2D eigenvalue weighted by molar-refractivity contribution is 6.12.